The Bertz CT molecular complexity index is 810. The van der Waals surface area contributed by atoms with Crippen molar-refractivity contribution in [1.82, 2.24) is 20.1 Å². The highest BCUT2D eigenvalue weighted by molar-refractivity contribution is 5.79. The van der Waals surface area contributed by atoms with Gasteiger partial charge in [-0.2, -0.15) is 5.10 Å². The van der Waals surface area contributed by atoms with Crippen molar-refractivity contribution in [2.75, 3.05) is 19.7 Å². The van der Waals surface area contributed by atoms with E-state index in [1.54, 1.807) is 0 Å². The first kappa shape index (κ1) is 15.0. The summed E-state index contributed by atoms with van der Waals surface area (Å²) in [4.78, 5) is 28.5. The fourth-order valence-electron chi connectivity index (χ4n) is 3.54. The molecule has 1 amide bonds. The number of amides is 1. The van der Waals surface area contributed by atoms with Crippen LogP contribution in [0.4, 0.5) is 0 Å². The molecule has 2 aliphatic rings. The summed E-state index contributed by atoms with van der Waals surface area (Å²) in [6.45, 7) is 2.09. The van der Waals surface area contributed by atoms with Crippen molar-refractivity contribution >= 4 is 5.91 Å². The second-order valence-corrected chi connectivity index (χ2v) is 6.46. The molecule has 0 radical (unpaired) electrons. The van der Waals surface area contributed by atoms with Gasteiger partial charge in [0.05, 0.1) is 13.0 Å². The van der Waals surface area contributed by atoms with E-state index < -0.39 is 0 Å². The SMILES string of the molecule is O=C(Cc1ccc2c(c1)CCO2)N1CCC[C@H](c2n[nH]c(=O)[nH]2)C1. The molecule has 1 saturated heterocycles. The number of carbonyl (C=O) groups excluding carboxylic acids is 1. The Labute approximate surface area is 139 Å². The number of ether oxygens (including phenoxy) is 1. The largest absolute Gasteiger partial charge is 0.493 e. The molecule has 7 nitrogen and oxygen atoms in total. The summed E-state index contributed by atoms with van der Waals surface area (Å²) >= 11 is 0. The molecule has 7 heteroatoms. The van der Waals surface area contributed by atoms with Crippen LogP contribution in [-0.4, -0.2) is 45.7 Å². The normalized spacial score (nSPS) is 19.8. The first-order chi connectivity index (χ1) is 11.7. The van der Waals surface area contributed by atoms with Crippen LogP contribution in [0.1, 0.15) is 35.7 Å². The zero-order chi connectivity index (χ0) is 16.5. The molecule has 0 unspecified atom stereocenters. The van der Waals surface area contributed by atoms with Crippen molar-refractivity contribution in [3.05, 3.63) is 45.6 Å². The Morgan fingerprint density at radius 1 is 1.42 bits per heavy atom. The van der Waals surface area contributed by atoms with Gasteiger partial charge in [0, 0.05) is 25.4 Å². The molecule has 126 valence electrons. The molecule has 0 spiro atoms. The molecule has 0 aliphatic carbocycles. The van der Waals surface area contributed by atoms with Gasteiger partial charge in [0.25, 0.3) is 0 Å². The predicted molar refractivity (Wildman–Crippen MR) is 87.1 cm³/mol. The number of hydrogen-bond donors (Lipinski definition) is 2. The molecule has 24 heavy (non-hydrogen) atoms. The van der Waals surface area contributed by atoms with E-state index in [0.717, 1.165) is 43.7 Å². The predicted octanol–water partition coefficient (Wildman–Crippen LogP) is 0.982. The minimum absolute atomic E-state index is 0.0927. The number of carbonyl (C=O) groups is 1. The number of hydrogen-bond acceptors (Lipinski definition) is 4. The molecule has 2 aliphatic heterocycles. The van der Waals surface area contributed by atoms with E-state index in [1.165, 1.54) is 5.56 Å². The van der Waals surface area contributed by atoms with E-state index in [4.69, 9.17) is 4.74 Å². The zero-order valence-corrected chi connectivity index (χ0v) is 13.4. The Balaban J connectivity index is 1.43. The third kappa shape index (κ3) is 2.93. The lowest BCUT2D eigenvalue weighted by Crippen LogP contribution is -2.40. The van der Waals surface area contributed by atoms with Crippen molar-refractivity contribution in [3.8, 4) is 5.75 Å². The highest BCUT2D eigenvalue weighted by Crippen LogP contribution is 2.27. The number of H-pyrrole nitrogens is 2. The number of nitrogens with one attached hydrogen (secondary N) is 2. The Morgan fingerprint density at radius 3 is 3.17 bits per heavy atom. The molecular formula is C17H20N4O3. The van der Waals surface area contributed by atoms with Crippen LogP contribution < -0.4 is 10.4 Å². The van der Waals surface area contributed by atoms with Crippen LogP contribution in [0.15, 0.2) is 23.0 Å². The molecule has 4 rings (SSSR count). The van der Waals surface area contributed by atoms with Crippen LogP contribution in [0.5, 0.6) is 5.75 Å². The number of aromatic nitrogens is 3. The maximum absolute atomic E-state index is 12.6. The van der Waals surface area contributed by atoms with Gasteiger partial charge in [0.1, 0.15) is 11.6 Å². The van der Waals surface area contributed by atoms with Gasteiger partial charge in [-0.05, 0) is 30.0 Å². The topological polar surface area (TPSA) is 91.1 Å². The van der Waals surface area contributed by atoms with Gasteiger partial charge in [-0.3, -0.25) is 9.78 Å². The van der Waals surface area contributed by atoms with Gasteiger partial charge in [0.15, 0.2) is 0 Å². The molecule has 0 bridgehead atoms. The molecule has 0 saturated carbocycles. The number of likely N-dealkylation sites (tertiary alicyclic amines) is 1. The minimum Gasteiger partial charge on any atom is -0.493 e. The molecule has 1 aromatic heterocycles. The third-order valence-electron chi connectivity index (χ3n) is 4.79. The van der Waals surface area contributed by atoms with Crippen LogP contribution in [-0.2, 0) is 17.6 Å². The molecule has 2 aromatic rings. The first-order valence-corrected chi connectivity index (χ1v) is 8.36. The lowest BCUT2D eigenvalue weighted by molar-refractivity contribution is -0.131. The fourth-order valence-corrected chi connectivity index (χ4v) is 3.54. The first-order valence-electron chi connectivity index (χ1n) is 8.36. The second kappa shape index (κ2) is 6.14. The van der Waals surface area contributed by atoms with Crippen molar-refractivity contribution in [3.63, 3.8) is 0 Å². The zero-order valence-electron chi connectivity index (χ0n) is 13.4. The summed E-state index contributed by atoms with van der Waals surface area (Å²) in [6.07, 6.45) is 3.16. The van der Waals surface area contributed by atoms with Crippen LogP contribution >= 0.6 is 0 Å². The fraction of sp³-hybridized carbons (Fsp3) is 0.471. The van der Waals surface area contributed by atoms with Gasteiger partial charge in [0.2, 0.25) is 5.91 Å². The maximum Gasteiger partial charge on any atom is 0.340 e. The number of fused-ring (bicyclic) bond motifs is 1. The third-order valence-corrected chi connectivity index (χ3v) is 4.79. The van der Waals surface area contributed by atoms with Crippen LogP contribution in [0.25, 0.3) is 0 Å². The summed E-state index contributed by atoms with van der Waals surface area (Å²) in [5.41, 5.74) is 1.92. The van der Waals surface area contributed by atoms with E-state index in [1.807, 2.05) is 17.0 Å². The molecule has 2 N–H and O–H groups in total. The Kier molecular flexibility index (Phi) is 3.84. The highest BCUT2D eigenvalue weighted by atomic mass is 16.5. The number of rotatable bonds is 3. The maximum atomic E-state index is 12.6. The number of nitrogens with zero attached hydrogens (tertiary/aromatic N) is 2. The monoisotopic (exact) mass is 328 g/mol. The molecular weight excluding hydrogens is 308 g/mol. The standard InChI is InChI=1S/C17H20N4O3/c22-15(9-11-3-4-14-12(8-11)5-7-24-14)21-6-1-2-13(10-21)16-18-17(23)20-19-16/h3-4,8,13H,1-2,5-7,9-10H2,(H2,18,19,20,23)/t13-/m0/s1. The van der Waals surface area contributed by atoms with Crippen LogP contribution in [0.2, 0.25) is 0 Å². The van der Waals surface area contributed by atoms with Gasteiger partial charge < -0.3 is 9.64 Å². The Morgan fingerprint density at radius 2 is 2.33 bits per heavy atom. The van der Waals surface area contributed by atoms with Crippen LogP contribution in [0.3, 0.4) is 0 Å². The average molecular weight is 328 g/mol. The average Bonchev–Trinajstić information content (AvgIpc) is 3.23. The summed E-state index contributed by atoms with van der Waals surface area (Å²) in [7, 11) is 0. The van der Waals surface area contributed by atoms with Crippen molar-refractivity contribution in [2.45, 2.75) is 31.6 Å². The molecule has 3 heterocycles. The van der Waals surface area contributed by atoms with Crippen molar-refractivity contribution in [1.29, 1.82) is 0 Å². The molecule has 1 fully saturated rings. The van der Waals surface area contributed by atoms with Crippen molar-refractivity contribution in [2.24, 2.45) is 0 Å². The number of piperidine rings is 1. The molecule has 1 aromatic carbocycles. The van der Waals surface area contributed by atoms with Gasteiger partial charge >= 0.3 is 5.69 Å². The van der Waals surface area contributed by atoms with Crippen LogP contribution in [0, 0.1) is 0 Å². The number of aromatic amines is 2. The Hall–Kier alpha value is -2.57. The van der Waals surface area contributed by atoms with E-state index in [2.05, 4.69) is 21.2 Å². The summed E-state index contributed by atoms with van der Waals surface area (Å²) in [6, 6.07) is 6.00. The summed E-state index contributed by atoms with van der Waals surface area (Å²) in [5, 5.41) is 6.41. The van der Waals surface area contributed by atoms with Crippen molar-refractivity contribution < 1.29 is 9.53 Å². The van der Waals surface area contributed by atoms with E-state index in [-0.39, 0.29) is 17.5 Å². The molecule has 1 atom stereocenters. The van der Waals surface area contributed by atoms with E-state index in [9.17, 15) is 9.59 Å². The summed E-state index contributed by atoms with van der Waals surface area (Å²) in [5.74, 6) is 1.80. The quantitative estimate of drug-likeness (QED) is 0.879. The van der Waals surface area contributed by atoms with Gasteiger partial charge in [-0.15, -0.1) is 0 Å². The minimum atomic E-state index is -0.297. The van der Waals surface area contributed by atoms with Gasteiger partial charge in [-0.25, -0.2) is 9.89 Å². The van der Waals surface area contributed by atoms with E-state index >= 15 is 0 Å². The lowest BCUT2D eigenvalue weighted by atomic mass is 9.96. The highest BCUT2D eigenvalue weighted by Gasteiger charge is 2.27. The number of benzene rings is 1. The second-order valence-electron chi connectivity index (χ2n) is 6.46. The lowest BCUT2D eigenvalue weighted by Gasteiger charge is -2.31. The smallest absolute Gasteiger partial charge is 0.340 e. The van der Waals surface area contributed by atoms with E-state index in [0.29, 0.717) is 18.8 Å². The van der Waals surface area contributed by atoms with Gasteiger partial charge in [-0.1, -0.05) is 12.1 Å². The summed E-state index contributed by atoms with van der Waals surface area (Å²) < 4.78 is 5.51.